The van der Waals surface area contributed by atoms with Gasteiger partial charge in [0.05, 0.1) is 6.42 Å². The molecule has 1 aromatic carbocycles. The molecule has 1 rings (SSSR count). The van der Waals surface area contributed by atoms with Crippen LogP contribution in [0, 0.1) is 0 Å². The Morgan fingerprint density at radius 1 is 1.13 bits per heavy atom. The number of hydrogen-bond acceptors (Lipinski definition) is 4. The number of amides is 2. The number of ether oxygens (including phenoxy) is 1. The van der Waals surface area contributed by atoms with Crippen LogP contribution in [0.15, 0.2) is 24.3 Å². The molecule has 0 saturated heterocycles. The van der Waals surface area contributed by atoms with Gasteiger partial charge in [-0.05, 0) is 37.6 Å². The van der Waals surface area contributed by atoms with Crippen LogP contribution in [0.3, 0.4) is 0 Å². The molecule has 126 valence electrons. The summed E-state index contributed by atoms with van der Waals surface area (Å²) in [6, 6.07) is 6.41. The molecule has 1 aromatic rings. The third-order valence-corrected chi connectivity index (χ3v) is 3.20. The van der Waals surface area contributed by atoms with Gasteiger partial charge in [-0.15, -0.1) is 0 Å². The number of nitrogens with one attached hydrogen (secondary N) is 2. The third-order valence-electron chi connectivity index (χ3n) is 2.95. The lowest BCUT2D eigenvalue weighted by molar-refractivity contribution is -0.154. The zero-order valence-corrected chi connectivity index (χ0v) is 14.0. The van der Waals surface area contributed by atoms with Gasteiger partial charge >= 0.3 is 5.97 Å². The van der Waals surface area contributed by atoms with E-state index in [4.69, 9.17) is 16.3 Å². The lowest BCUT2D eigenvalue weighted by Crippen LogP contribution is -2.36. The fourth-order valence-electron chi connectivity index (χ4n) is 1.68. The SMILES string of the molecule is CCCNC(=O)[C@@H](C)OC(=O)CCNC(=O)c1ccc(Cl)cc1. The monoisotopic (exact) mass is 340 g/mol. The average Bonchev–Trinajstić information content (AvgIpc) is 2.52. The first kappa shape index (κ1) is 19.0. The van der Waals surface area contributed by atoms with Gasteiger partial charge < -0.3 is 15.4 Å². The van der Waals surface area contributed by atoms with Gasteiger partial charge in [0.1, 0.15) is 0 Å². The molecule has 0 saturated carbocycles. The van der Waals surface area contributed by atoms with E-state index in [-0.39, 0.29) is 24.8 Å². The third kappa shape index (κ3) is 7.15. The molecule has 2 amide bonds. The number of benzene rings is 1. The van der Waals surface area contributed by atoms with Crippen molar-refractivity contribution in [3.05, 3.63) is 34.9 Å². The molecule has 0 unspecified atom stereocenters. The second kappa shape index (κ2) is 9.84. The van der Waals surface area contributed by atoms with Gasteiger partial charge in [-0.2, -0.15) is 0 Å². The number of esters is 1. The Balaban J connectivity index is 2.29. The Morgan fingerprint density at radius 2 is 1.78 bits per heavy atom. The van der Waals surface area contributed by atoms with Crippen molar-refractivity contribution < 1.29 is 19.1 Å². The number of halogens is 1. The molecule has 2 N–H and O–H groups in total. The topological polar surface area (TPSA) is 84.5 Å². The van der Waals surface area contributed by atoms with Gasteiger partial charge in [-0.1, -0.05) is 18.5 Å². The normalized spacial score (nSPS) is 11.4. The van der Waals surface area contributed by atoms with E-state index in [1.165, 1.54) is 6.92 Å². The minimum atomic E-state index is -0.846. The van der Waals surface area contributed by atoms with Crippen LogP contribution >= 0.6 is 11.6 Å². The molecule has 0 aliphatic carbocycles. The van der Waals surface area contributed by atoms with Crippen molar-refractivity contribution >= 4 is 29.4 Å². The molecule has 0 fully saturated rings. The molecule has 6 nitrogen and oxygen atoms in total. The fraction of sp³-hybridized carbons (Fsp3) is 0.438. The standard InChI is InChI=1S/C16H21ClN2O4/c1-3-9-18-15(21)11(2)23-14(20)8-10-19-16(22)12-4-6-13(17)7-5-12/h4-7,11H,3,8-10H2,1-2H3,(H,18,21)(H,19,22)/t11-/m1/s1. The smallest absolute Gasteiger partial charge is 0.308 e. The first-order valence-electron chi connectivity index (χ1n) is 7.45. The van der Waals surface area contributed by atoms with Gasteiger partial charge in [0.25, 0.3) is 11.8 Å². The lowest BCUT2D eigenvalue weighted by atomic mass is 10.2. The summed E-state index contributed by atoms with van der Waals surface area (Å²) in [6.45, 7) is 4.11. The number of rotatable bonds is 8. The summed E-state index contributed by atoms with van der Waals surface area (Å²) in [5.41, 5.74) is 0.454. The molecule has 0 aliphatic heterocycles. The maximum Gasteiger partial charge on any atom is 0.308 e. The predicted octanol–water partition coefficient (Wildman–Crippen LogP) is 1.92. The van der Waals surface area contributed by atoms with E-state index in [1.54, 1.807) is 24.3 Å². The van der Waals surface area contributed by atoms with Gasteiger partial charge in [0.2, 0.25) is 0 Å². The van der Waals surface area contributed by atoms with Crippen LogP contribution in [0.2, 0.25) is 5.02 Å². The maximum absolute atomic E-state index is 11.8. The van der Waals surface area contributed by atoms with E-state index in [0.29, 0.717) is 17.1 Å². The Labute approximate surface area is 140 Å². The van der Waals surface area contributed by atoms with Crippen molar-refractivity contribution in [3.8, 4) is 0 Å². The molecule has 23 heavy (non-hydrogen) atoms. The first-order chi connectivity index (χ1) is 10.9. The summed E-state index contributed by atoms with van der Waals surface area (Å²) in [4.78, 5) is 35.0. The van der Waals surface area contributed by atoms with E-state index in [1.807, 2.05) is 6.92 Å². The predicted molar refractivity (Wildman–Crippen MR) is 87.3 cm³/mol. The van der Waals surface area contributed by atoms with Crippen LogP contribution in [0.5, 0.6) is 0 Å². The molecule has 0 aromatic heterocycles. The zero-order valence-electron chi connectivity index (χ0n) is 13.2. The molecule has 0 heterocycles. The highest BCUT2D eigenvalue weighted by atomic mass is 35.5. The largest absolute Gasteiger partial charge is 0.452 e. The van der Waals surface area contributed by atoms with Crippen LogP contribution in [0.1, 0.15) is 37.0 Å². The molecule has 0 aliphatic rings. The van der Waals surface area contributed by atoms with Crippen molar-refractivity contribution in [1.82, 2.24) is 10.6 Å². The molecular weight excluding hydrogens is 320 g/mol. The maximum atomic E-state index is 11.8. The Bertz CT molecular complexity index is 546. The fourth-order valence-corrected chi connectivity index (χ4v) is 1.81. The van der Waals surface area contributed by atoms with E-state index in [2.05, 4.69) is 10.6 Å². The zero-order chi connectivity index (χ0) is 17.2. The summed E-state index contributed by atoms with van der Waals surface area (Å²) in [7, 11) is 0. The van der Waals surface area contributed by atoms with Gasteiger partial charge in [0.15, 0.2) is 6.10 Å². The molecule has 0 spiro atoms. The second-order valence-electron chi connectivity index (χ2n) is 4.94. The molecule has 7 heteroatoms. The Morgan fingerprint density at radius 3 is 2.39 bits per heavy atom. The number of carbonyl (C=O) groups excluding carboxylic acids is 3. The highest BCUT2D eigenvalue weighted by molar-refractivity contribution is 6.30. The van der Waals surface area contributed by atoms with E-state index in [0.717, 1.165) is 6.42 Å². The van der Waals surface area contributed by atoms with Crippen LogP contribution in [0.4, 0.5) is 0 Å². The Hall–Kier alpha value is -2.08. The first-order valence-corrected chi connectivity index (χ1v) is 7.82. The minimum absolute atomic E-state index is 0.00920. The van der Waals surface area contributed by atoms with Gasteiger partial charge in [0, 0.05) is 23.7 Å². The quantitative estimate of drug-likeness (QED) is 0.708. The van der Waals surface area contributed by atoms with Gasteiger partial charge in [-0.3, -0.25) is 14.4 Å². The second-order valence-corrected chi connectivity index (χ2v) is 5.37. The summed E-state index contributed by atoms with van der Waals surface area (Å²) in [6.07, 6.45) is -0.0468. The molecule has 0 radical (unpaired) electrons. The van der Waals surface area contributed by atoms with Crippen molar-refractivity contribution in [2.45, 2.75) is 32.8 Å². The van der Waals surface area contributed by atoms with Crippen LogP contribution < -0.4 is 10.6 Å². The lowest BCUT2D eigenvalue weighted by Gasteiger charge is -2.13. The van der Waals surface area contributed by atoms with E-state index < -0.39 is 12.1 Å². The van der Waals surface area contributed by atoms with Gasteiger partial charge in [-0.25, -0.2) is 0 Å². The highest BCUT2D eigenvalue weighted by Gasteiger charge is 2.17. The summed E-state index contributed by atoms with van der Waals surface area (Å²) in [5, 5.41) is 5.79. The van der Waals surface area contributed by atoms with Crippen LogP contribution in [0.25, 0.3) is 0 Å². The minimum Gasteiger partial charge on any atom is -0.452 e. The highest BCUT2D eigenvalue weighted by Crippen LogP contribution is 2.09. The average molecular weight is 341 g/mol. The molecule has 0 bridgehead atoms. The number of carbonyl (C=O) groups is 3. The summed E-state index contributed by atoms with van der Waals surface area (Å²) in [5.74, 6) is -1.17. The van der Waals surface area contributed by atoms with Crippen molar-refractivity contribution in [2.75, 3.05) is 13.1 Å². The molecule has 1 atom stereocenters. The van der Waals surface area contributed by atoms with E-state index in [9.17, 15) is 14.4 Å². The summed E-state index contributed by atoms with van der Waals surface area (Å²) < 4.78 is 4.99. The summed E-state index contributed by atoms with van der Waals surface area (Å²) >= 11 is 5.74. The van der Waals surface area contributed by atoms with Crippen molar-refractivity contribution in [3.63, 3.8) is 0 Å². The Kier molecular flexibility index (Phi) is 8.11. The van der Waals surface area contributed by atoms with Crippen molar-refractivity contribution in [1.29, 1.82) is 0 Å². The van der Waals surface area contributed by atoms with E-state index >= 15 is 0 Å². The molecular formula is C16H21ClN2O4. The number of hydrogen-bond donors (Lipinski definition) is 2. The van der Waals surface area contributed by atoms with Crippen LogP contribution in [-0.4, -0.2) is 37.0 Å². The van der Waals surface area contributed by atoms with Crippen LogP contribution in [-0.2, 0) is 14.3 Å². The van der Waals surface area contributed by atoms with Crippen molar-refractivity contribution in [2.24, 2.45) is 0 Å².